The van der Waals surface area contributed by atoms with Gasteiger partial charge in [-0.15, -0.1) is 0 Å². The maximum Gasteiger partial charge on any atom is 0.172 e. The molecule has 0 aliphatic heterocycles. The molecule has 0 spiro atoms. The van der Waals surface area contributed by atoms with Gasteiger partial charge in [0.1, 0.15) is 6.61 Å². The molecule has 0 rings (SSSR count). The Hall–Kier alpha value is -0.410. The Kier molecular flexibility index (Phi) is 10.8. The topological polar surface area (TPSA) is 29.5 Å². The van der Waals surface area contributed by atoms with Crippen LogP contribution in [0.15, 0.2) is 0 Å². The van der Waals surface area contributed by atoms with Gasteiger partial charge in [-0.05, 0) is 32.4 Å². The van der Waals surface area contributed by atoms with Gasteiger partial charge in [-0.3, -0.25) is 9.69 Å². The first-order valence-electron chi connectivity index (χ1n) is 6.56. The highest BCUT2D eigenvalue weighted by Crippen LogP contribution is 1.95. The van der Waals surface area contributed by atoms with Crippen LogP contribution in [-0.4, -0.2) is 43.5 Å². The minimum Gasteiger partial charge on any atom is -0.374 e. The van der Waals surface area contributed by atoms with Gasteiger partial charge in [0.2, 0.25) is 0 Å². The van der Waals surface area contributed by atoms with Crippen LogP contribution in [0.5, 0.6) is 0 Å². The Bertz CT molecular complexity index is 165. The predicted octanol–water partition coefficient (Wildman–Crippen LogP) is 2.49. The van der Waals surface area contributed by atoms with Gasteiger partial charge in [-0.1, -0.05) is 27.2 Å². The summed E-state index contributed by atoms with van der Waals surface area (Å²) in [4.78, 5) is 13.8. The van der Waals surface area contributed by atoms with Crippen LogP contribution in [0, 0.1) is 0 Å². The highest BCUT2D eigenvalue weighted by atomic mass is 16.5. The molecule has 0 bridgehead atoms. The second-order valence-corrected chi connectivity index (χ2v) is 4.22. The molecule has 0 aromatic carbocycles. The number of nitrogens with zero attached hydrogens (tertiary/aromatic N) is 1. The van der Waals surface area contributed by atoms with Crippen molar-refractivity contribution in [2.45, 2.75) is 46.5 Å². The summed E-state index contributed by atoms with van der Waals surface area (Å²) in [7, 11) is 0. The smallest absolute Gasteiger partial charge is 0.172 e. The number of ketones is 1. The summed E-state index contributed by atoms with van der Waals surface area (Å²) in [6.07, 6.45) is 4.36. The van der Waals surface area contributed by atoms with Crippen LogP contribution in [-0.2, 0) is 9.53 Å². The molecule has 3 heteroatoms. The van der Waals surface area contributed by atoms with Crippen LogP contribution in [0.1, 0.15) is 46.5 Å². The van der Waals surface area contributed by atoms with E-state index in [0.29, 0.717) is 13.2 Å². The standard InChI is InChI=1S/C13H27NO2/c1-4-7-10-16-12-13(15)11-14(8-5-2)9-6-3/h4-12H2,1-3H3. The van der Waals surface area contributed by atoms with Crippen molar-refractivity contribution >= 4 is 5.78 Å². The molecule has 0 saturated carbocycles. The molecule has 0 unspecified atom stereocenters. The van der Waals surface area contributed by atoms with E-state index in [-0.39, 0.29) is 12.4 Å². The maximum absolute atomic E-state index is 11.6. The normalized spacial score (nSPS) is 11.0. The van der Waals surface area contributed by atoms with E-state index in [4.69, 9.17) is 4.74 Å². The van der Waals surface area contributed by atoms with E-state index in [0.717, 1.165) is 38.8 Å². The molecule has 0 heterocycles. The second kappa shape index (κ2) is 11.1. The fraction of sp³-hybridized carbons (Fsp3) is 0.923. The van der Waals surface area contributed by atoms with Crippen molar-refractivity contribution in [2.75, 3.05) is 32.8 Å². The van der Waals surface area contributed by atoms with E-state index in [2.05, 4.69) is 25.7 Å². The van der Waals surface area contributed by atoms with Crippen LogP contribution in [0.2, 0.25) is 0 Å². The number of unbranched alkanes of at least 4 members (excludes halogenated alkanes) is 1. The van der Waals surface area contributed by atoms with Crippen molar-refractivity contribution in [2.24, 2.45) is 0 Å². The van der Waals surface area contributed by atoms with E-state index in [1.807, 2.05) is 0 Å². The highest BCUT2D eigenvalue weighted by molar-refractivity contribution is 5.81. The van der Waals surface area contributed by atoms with Gasteiger partial charge in [-0.25, -0.2) is 0 Å². The van der Waals surface area contributed by atoms with Crippen molar-refractivity contribution < 1.29 is 9.53 Å². The average molecular weight is 229 g/mol. The Morgan fingerprint density at radius 2 is 1.69 bits per heavy atom. The second-order valence-electron chi connectivity index (χ2n) is 4.22. The number of carbonyl (C=O) groups is 1. The Balaban J connectivity index is 3.63. The van der Waals surface area contributed by atoms with Crippen LogP contribution in [0.3, 0.4) is 0 Å². The van der Waals surface area contributed by atoms with Gasteiger partial charge in [0.15, 0.2) is 5.78 Å². The van der Waals surface area contributed by atoms with E-state index < -0.39 is 0 Å². The molecular formula is C13H27NO2. The molecule has 0 N–H and O–H groups in total. The van der Waals surface area contributed by atoms with Crippen molar-refractivity contribution in [3.63, 3.8) is 0 Å². The molecule has 0 saturated heterocycles. The summed E-state index contributed by atoms with van der Waals surface area (Å²) in [6.45, 7) is 9.97. The van der Waals surface area contributed by atoms with E-state index in [1.165, 1.54) is 0 Å². The third-order valence-corrected chi connectivity index (χ3v) is 2.38. The molecule has 0 aromatic heterocycles. The summed E-state index contributed by atoms with van der Waals surface area (Å²) in [5, 5.41) is 0. The summed E-state index contributed by atoms with van der Waals surface area (Å²) in [5.41, 5.74) is 0. The van der Waals surface area contributed by atoms with Crippen LogP contribution >= 0.6 is 0 Å². The molecule has 3 nitrogen and oxygen atoms in total. The van der Waals surface area contributed by atoms with Crippen molar-refractivity contribution in [3.05, 3.63) is 0 Å². The Morgan fingerprint density at radius 1 is 1.06 bits per heavy atom. The summed E-state index contributed by atoms with van der Waals surface area (Å²) in [6, 6.07) is 0. The molecule has 16 heavy (non-hydrogen) atoms. The molecular weight excluding hydrogens is 202 g/mol. The molecule has 0 radical (unpaired) electrons. The molecule has 0 aliphatic carbocycles. The van der Waals surface area contributed by atoms with E-state index >= 15 is 0 Å². The lowest BCUT2D eigenvalue weighted by Crippen LogP contribution is -2.33. The fourth-order valence-corrected chi connectivity index (χ4v) is 1.63. The summed E-state index contributed by atoms with van der Waals surface area (Å²) in [5.74, 6) is 0.206. The molecule has 0 aromatic rings. The van der Waals surface area contributed by atoms with Gasteiger partial charge in [0.05, 0.1) is 6.54 Å². The lowest BCUT2D eigenvalue weighted by molar-refractivity contribution is -0.124. The number of Topliss-reactive ketones (excluding diaryl/α,β-unsaturated/α-hetero) is 1. The van der Waals surface area contributed by atoms with Crippen LogP contribution < -0.4 is 0 Å². The highest BCUT2D eigenvalue weighted by Gasteiger charge is 2.08. The zero-order valence-corrected chi connectivity index (χ0v) is 11.1. The van der Waals surface area contributed by atoms with Gasteiger partial charge in [0, 0.05) is 6.61 Å². The Labute approximate surface area is 100 Å². The minimum atomic E-state index is 0.206. The quantitative estimate of drug-likeness (QED) is 0.510. The fourth-order valence-electron chi connectivity index (χ4n) is 1.63. The Morgan fingerprint density at radius 3 is 2.19 bits per heavy atom. The number of hydrogen-bond donors (Lipinski definition) is 0. The third-order valence-electron chi connectivity index (χ3n) is 2.38. The zero-order valence-electron chi connectivity index (χ0n) is 11.1. The predicted molar refractivity (Wildman–Crippen MR) is 67.8 cm³/mol. The van der Waals surface area contributed by atoms with Crippen molar-refractivity contribution in [3.8, 4) is 0 Å². The van der Waals surface area contributed by atoms with Crippen LogP contribution in [0.25, 0.3) is 0 Å². The first-order valence-corrected chi connectivity index (χ1v) is 6.56. The van der Waals surface area contributed by atoms with Gasteiger partial charge in [0.25, 0.3) is 0 Å². The molecule has 0 fully saturated rings. The summed E-state index contributed by atoms with van der Waals surface area (Å²) < 4.78 is 5.32. The number of hydrogen-bond acceptors (Lipinski definition) is 3. The number of rotatable bonds is 11. The molecule has 96 valence electrons. The summed E-state index contributed by atoms with van der Waals surface area (Å²) >= 11 is 0. The third kappa shape index (κ3) is 8.86. The molecule has 0 amide bonds. The lowest BCUT2D eigenvalue weighted by atomic mass is 10.3. The number of ether oxygens (including phenoxy) is 1. The first kappa shape index (κ1) is 15.6. The average Bonchev–Trinajstić information content (AvgIpc) is 2.25. The van der Waals surface area contributed by atoms with Gasteiger partial charge < -0.3 is 4.74 Å². The largest absolute Gasteiger partial charge is 0.374 e. The maximum atomic E-state index is 11.6. The first-order chi connectivity index (χ1) is 7.74. The monoisotopic (exact) mass is 229 g/mol. The van der Waals surface area contributed by atoms with E-state index in [9.17, 15) is 4.79 Å². The minimum absolute atomic E-state index is 0.206. The van der Waals surface area contributed by atoms with Gasteiger partial charge in [-0.2, -0.15) is 0 Å². The van der Waals surface area contributed by atoms with Crippen molar-refractivity contribution in [1.82, 2.24) is 4.90 Å². The molecule has 0 aliphatic rings. The van der Waals surface area contributed by atoms with E-state index in [1.54, 1.807) is 0 Å². The molecule has 0 atom stereocenters. The SMILES string of the molecule is CCCCOCC(=O)CN(CCC)CCC. The lowest BCUT2D eigenvalue weighted by Gasteiger charge is -2.19. The number of carbonyl (C=O) groups excluding carboxylic acids is 1. The van der Waals surface area contributed by atoms with Crippen LogP contribution in [0.4, 0.5) is 0 Å². The van der Waals surface area contributed by atoms with Gasteiger partial charge >= 0.3 is 0 Å². The van der Waals surface area contributed by atoms with Crippen molar-refractivity contribution in [1.29, 1.82) is 0 Å². The zero-order chi connectivity index (χ0) is 12.2.